The molecule has 2 fully saturated rings. The minimum Gasteiger partial charge on any atom is -0.480 e. The number of likely N-dealkylation sites (tertiary alicyclic amines) is 2. The number of aliphatic carboxylic acids is 1. The van der Waals surface area contributed by atoms with E-state index >= 15 is 0 Å². The first-order valence-electron chi connectivity index (χ1n) is 9.48. The fourth-order valence-electron chi connectivity index (χ4n) is 4.34. The van der Waals surface area contributed by atoms with Crippen molar-refractivity contribution in [1.29, 1.82) is 0 Å². The van der Waals surface area contributed by atoms with Crippen molar-refractivity contribution in [2.24, 2.45) is 5.41 Å². The van der Waals surface area contributed by atoms with E-state index in [1.165, 1.54) is 0 Å². The summed E-state index contributed by atoms with van der Waals surface area (Å²) in [4.78, 5) is 28.1. The number of aryl methyl sites for hydroxylation is 1. The van der Waals surface area contributed by atoms with E-state index < -0.39 is 5.97 Å². The highest BCUT2D eigenvalue weighted by Gasteiger charge is 2.48. The number of tetrazole rings is 1. The molecule has 2 aliphatic heterocycles. The molecule has 9 heteroatoms. The van der Waals surface area contributed by atoms with Gasteiger partial charge in [0.25, 0.3) is 0 Å². The number of carbonyl (C=O) groups is 2. The van der Waals surface area contributed by atoms with Crippen LogP contribution in [0.5, 0.6) is 0 Å². The topological polar surface area (TPSA) is 104 Å². The maximum Gasteiger partial charge on any atom is 0.320 e. The van der Waals surface area contributed by atoms with Crippen LogP contribution in [0.15, 0.2) is 6.33 Å². The Bertz CT molecular complexity index is 612. The van der Waals surface area contributed by atoms with E-state index in [9.17, 15) is 14.7 Å². The summed E-state index contributed by atoms with van der Waals surface area (Å²) < 4.78 is 1.63. The molecule has 0 aliphatic carbocycles. The third-order valence-electron chi connectivity index (χ3n) is 5.75. The number of carbonyl (C=O) groups excluding carboxylic acids is 1. The fourth-order valence-corrected chi connectivity index (χ4v) is 4.34. The molecule has 1 unspecified atom stereocenters. The predicted molar refractivity (Wildman–Crippen MR) is 93.2 cm³/mol. The van der Waals surface area contributed by atoms with Crippen molar-refractivity contribution < 1.29 is 14.7 Å². The van der Waals surface area contributed by atoms with Crippen molar-refractivity contribution in [3.63, 3.8) is 0 Å². The van der Waals surface area contributed by atoms with Gasteiger partial charge in [-0.1, -0.05) is 6.92 Å². The molecule has 0 bridgehead atoms. The molecule has 1 aromatic rings. The Labute approximate surface area is 153 Å². The van der Waals surface area contributed by atoms with E-state index in [0.29, 0.717) is 19.4 Å². The van der Waals surface area contributed by atoms with Gasteiger partial charge < -0.3 is 10.0 Å². The summed E-state index contributed by atoms with van der Waals surface area (Å²) in [6, 6.07) is -0.367. The summed E-state index contributed by atoms with van der Waals surface area (Å²) in [5, 5.41) is 20.5. The molecule has 1 aromatic heterocycles. The number of aromatic nitrogens is 4. The minimum atomic E-state index is -0.712. The van der Waals surface area contributed by atoms with Gasteiger partial charge in [0.2, 0.25) is 5.91 Å². The van der Waals surface area contributed by atoms with Gasteiger partial charge in [-0.15, -0.1) is 5.10 Å². The highest BCUT2D eigenvalue weighted by atomic mass is 16.4. The molecule has 1 spiro atoms. The van der Waals surface area contributed by atoms with Crippen LogP contribution in [-0.4, -0.2) is 79.2 Å². The molecule has 1 amide bonds. The van der Waals surface area contributed by atoms with Crippen molar-refractivity contribution in [2.75, 3.05) is 26.2 Å². The number of hydrogen-bond donors (Lipinski definition) is 1. The Balaban J connectivity index is 1.47. The molecule has 3 heterocycles. The second-order valence-electron chi connectivity index (χ2n) is 7.59. The highest BCUT2D eigenvalue weighted by molar-refractivity contribution is 5.76. The lowest BCUT2D eigenvalue weighted by Gasteiger charge is -2.39. The SMILES string of the molecule is CCCN1CC2(CCN(C(=O)CCCn3cnnn3)CC2)CC1C(=O)O. The maximum atomic E-state index is 12.4. The lowest BCUT2D eigenvalue weighted by Crippen LogP contribution is -2.44. The molecule has 1 atom stereocenters. The summed E-state index contributed by atoms with van der Waals surface area (Å²) in [5.74, 6) is -0.539. The molecule has 0 radical (unpaired) electrons. The largest absolute Gasteiger partial charge is 0.480 e. The molecule has 1 N–H and O–H groups in total. The second kappa shape index (κ2) is 8.11. The summed E-state index contributed by atoms with van der Waals surface area (Å²) in [6.45, 7) is 5.87. The zero-order chi connectivity index (χ0) is 18.6. The quantitative estimate of drug-likeness (QED) is 0.756. The Kier molecular flexibility index (Phi) is 5.85. The number of nitrogens with zero attached hydrogens (tertiary/aromatic N) is 6. The van der Waals surface area contributed by atoms with Gasteiger partial charge >= 0.3 is 5.97 Å². The van der Waals surface area contributed by atoms with Crippen molar-refractivity contribution in [3.8, 4) is 0 Å². The molecule has 9 nitrogen and oxygen atoms in total. The molecular formula is C17H28N6O3. The number of rotatable bonds is 7. The van der Waals surface area contributed by atoms with E-state index in [1.807, 2.05) is 4.90 Å². The number of hydrogen-bond acceptors (Lipinski definition) is 6. The number of amides is 1. The summed E-state index contributed by atoms with van der Waals surface area (Å²) in [7, 11) is 0. The van der Waals surface area contributed by atoms with E-state index in [1.54, 1.807) is 11.0 Å². The first-order chi connectivity index (χ1) is 12.5. The standard InChI is InChI=1S/C17H28N6O3/c1-2-7-22-12-17(11-14(22)16(25)26)5-9-21(10-6-17)15(24)4-3-8-23-13-18-19-20-23/h13-14H,2-12H2,1H3,(H,25,26). The number of piperidine rings is 1. The smallest absolute Gasteiger partial charge is 0.320 e. The Morgan fingerprint density at radius 2 is 2.04 bits per heavy atom. The van der Waals surface area contributed by atoms with E-state index in [-0.39, 0.29) is 17.4 Å². The number of carboxylic acid groups (broad SMARTS) is 1. The van der Waals surface area contributed by atoms with Gasteiger partial charge in [0.15, 0.2) is 0 Å². The molecule has 144 valence electrons. The minimum absolute atomic E-state index is 0.0570. The van der Waals surface area contributed by atoms with Gasteiger partial charge in [0.05, 0.1) is 0 Å². The van der Waals surface area contributed by atoms with Crippen LogP contribution in [-0.2, 0) is 16.1 Å². The lowest BCUT2D eigenvalue weighted by molar-refractivity contribution is -0.142. The van der Waals surface area contributed by atoms with Crippen LogP contribution >= 0.6 is 0 Å². The molecule has 0 saturated carbocycles. The van der Waals surface area contributed by atoms with Gasteiger partial charge in [-0.05, 0) is 54.5 Å². The molecule has 2 aliphatic rings. The normalized spacial score (nSPS) is 22.8. The summed E-state index contributed by atoms with van der Waals surface area (Å²) >= 11 is 0. The molecule has 3 rings (SSSR count). The third-order valence-corrected chi connectivity index (χ3v) is 5.75. The summed E-state index contributed by atoms with van der Waals surface area (Å²) in [5.41, 5.74) is 0.0570. The first kappa shape index (κ1) is 18.8. The lowest BCUT2D eigenvalue weighted by atomic mass is 9.76. The molecular weight excluding hydrogens is 336 g/mol. The van der Waals surface area contributed by atoms with Gasteiger partial charge in [-0.3, -0.25) is 14.5 Å². The monoisotopic (exact) mass is 364 g/mol. The molecule has 26 heavy (non-hydrogen) atoms. The van der Waals surface area contributed by atoms with Gasteiger partial charge in [0, 0.05) is 32.6 Å². The van der Waals surface area contributed by atoms with Crippen molar-refractivity contribution >= 4 is 11.9 Å². The van der Waals surface area contributed by atoms with Crippen LogP contribution in [0.25, 0.3) is 0 Å². The Hall–Kier alpha value is -2.03. The molecule has 2 saturated heterocycles. The van der Waals surface area contributed by atoms with Crippen LogP contribution in [0.1, 0.15) is 45.4 Å². The second-order valence-corrected chi connectivity index (χ2v) is 7.59. The maximum absolute atomic E-state index is 12.4. The van der Waals surface area contributed by atoms with Crippen molar-refractivity contribution in [2.45, 2.75) is 58.0 Å². The fraction of sp³-hybridized carbons (Fsp3) is 0.824. The van der Waals surface area contributed by atoms with Crippen molar-refractivity contribution in [3.05, 3.63) is 6.33 Å². The average molecular weight is 364 g/mol. The van der Waals surface area contributed by atoms with Crippen LogP contribution in [0, 0.1) is 5.41 Å². The van der Waals surface area contributed by atoms with Gasteiger partial charge in [-0.25, -0.2) is 4.68 Å². The third kappa shape index (κ3) is 4.20. The van der Waals surface area contributed by atoms with Crippen LogP contribution in [0.2, 0.25) is 0 Å². The highest BCUT2D eigenvalue weighted by Crippen LogP contribution is 2.43. The first-order valence-corrected chi connectivity index (χ1v) is 9.48. The molecule has 0 aromatic carbocycles. The van der Waals surface area contributed by atoms with Gasteiger partial charge in [-0.2, -0.15) is 0 Å². The summed E-state index contributed by atoms with van der Waals surface area (Å²) in [6.07, 6.45) is 6.24. The average Bonchev–Trinajstić information content (AvgIpc) is 3.24. The van der Waals surface area contributed by atoms with E-state index in [2.05, 4.69) is 27.3 Å². The Morgan fingerprint density at radius 3 is 2.65 bits per heavy atom. The van der Waals surface area contributed by atoms with Crippen LogP contribution in [0.4, 0.5) is 0 Å². The Morgan fingerprint density at radius 1 is 1.27 bits per heavy atom. The van der Waals surface area contributed by atoms with Crippen LogP contribution < -0.4 is 0 Å². The zero-order valence-corrected chi connectivity index (χ0v) is 15.4. The van der Waals surface area contributed by atoms with Gasteiger partial charge in [0.1, 0.15) is 12.4 Å². The zero-order valence-electron chi connectivity index (χ0n) is 15.4. The van der Waals surface area contributed by atoms with E-state index in [4.69, 9.17) is 0 Å². The van der Waals surface area contributed by atoms with Crippen molar-refractivity contribution in [1.82, 2.24) is 30.0 Å². The van der Waals surface area contributed by atoms with Crippen LogP contribution in [0.3, 0.4) is 0 Å². The number of carboxylic acids is 1. The van der Waals surface area contributed by atoms with E-state index in [0.717, 1.165) is 51.9 Å². The predicted octanol–water partition coefficient (Wildman–Crippen LogP) is 0.631.